The summed E-state index contributed by atoms with van der Waals surface area (Å²) >= 11 is 3.44. The third kappa shape index (κ3) is 4.36. The maximum Gasteiger partial charge on any atom is 0.317 e. The molecule has 1 aliphatic carbocycles. The molecule has 0 saturated carbocycles. The second kappa shape index (κ2) is 9.20. The molecule has 2 atom stereocenters. The summed E-state index contributed by atoms with van der Waals surface area (Å²) in [5, 5.41) is 0. The highest BCUT2D eigenvalue weighted by molar-refractivity contribution is 9.10. The molecule has 0 heterocycles. The van der Waals surface area contributed by atoms with Crippen molar-refractivity contribution in [2.24, 2.45) is 5.92 Å². The van der Waals surface area contributed by atoms with Crippen molar-refractivity contribution < 1.29 is 19.1 Å². The van der Waals surface area contributed by atoms with Crippen LogP contribution in [0.15, 0.2) is 59.1 Å². The van der Waals surface area contributed by atoms with Crippen molar-refractivity contribution in [3.63, 3.8) is 0 Å². The lowest BCUT2D eigenvalue weighted by atomic mass is 9.73. The number of ketones is 1. The van der Waals surface area contributed by atoms with E-state index in [2.05, 4.69) is 15.9 Å². The van der Waals surface area contributed by atoms with E-state index >= 15 is 0 Å². The molecule has 146 valence electrons. The van der Waals surface area contributed by atoms with Crippen molar-refractivity contribution in [3.8, 4) is 5.75 Å². The van der Waals surface area contributed by atoms with Crippen LogP contribution in [-0.2, 0) is 14.3 Å². The number of hydrogen-bond acceptors (Lipinski definition) is 4. The van der Waals surface area contributed by atoms with Gasteiger partial charge < -0.3 is 9.47 Å². The average molecular weight is 443 g/mol. The van der Waals surface area contributed by atoms with E-state index in [0.29, 0.717) is 18.8 Å². The summed E-state index contributed by atoms with van der Waals surface area (Å²) in [6.45, 7) is 4.42. The summed E-state index contributed by atoms with van der Waals surface area (Å²) in [6, 6.07) is 15.4. The van der Waals surface area contributed by atoms with Crippen LogP contribution in [0.5, 0.6) is 5.75 Å². The third-order valence-corrected chi connectivity index (χ3v) is 5.37. The molecule has 0 aliphatic heterocycles. The fraction of sp³-hybridized carbons (Fsp3) is 0.304. The number of esters is 1. The minimum atomic E-state index is -0.860. The number of carbonyl (C=O) groups excluding carboxylic acids is 2. The predicted molar refractivity (Wildman–Crippen MR) is 112 cm³/mol. The number of carbonyl (C=O) groups is 2. The summed E-state index contributed by atoms with van der Waals surface area (Å²) in [6.07, 6.45) is 2.14. The quantitative estimate of drug-likeness (QED) is 0.457. The Kier molecular flexibility index (Phi) is 6.68. The van der Waals surface area contributed by atoms with E-state index in [1.807, 2.05) is 55.5 Å². The molecule has 0 fully saturated rings. The molecular weight excluding hydrogens is 420 g/mol. The Morgan fingerprint density at radius 3 is 2.46 bits per heavy atom. The summed E-state index contributed by atoms with van der Waals surface area (Å²) < 4.78 is 12.0. The summed E-state index contributed by atoms with van der Waals surface area (Å²) in [5.74, 6) is -1.19. The molecule has 0 radical (unpaired) electrons. The highest BCUT2D eigenvalue weighted by Crippen LogP contribution is 2.43. The number of hydrogen-bond donors (Lipinski definition) is 0. The van der Waals surface area contributed by atoms with Crippen LogP contribution in [0.3, 0.4) is 0 Å². The Bertz CT molecular complexity index is 886. The van der Waals surface area contributed by atoms with Crippen LogP contribution in [0, 0.1) is 5.92 Å². The van der Waals surface area contributed by atoms with Gasteiger partial charge in [0.25, 0.3) is 0 Å². The van der Waals surface area contributed by atoms with Crippen LogP contribution >= 0.6 is 15.9 Å². The van der Waals surface area contributed by atoms with Crippen molar-refractivity contribution in [2.45, 2.75) is 26.2 Å². The highest BCUT2D eigenvalue weighted by Gasteiger charge is 2.40. The molecule has 4 nitrogen and oxygen atoms in total. The third-order valence-electron chi connectivity index (χ3n) is 4.84. The van der Waals surface area contributed by atoms with Crippen LogP contribution < -0.4 is 4.74 Å². The summed E-state index contributed by atoms with van der Waals surface area (Å²) in [4.78, 5) is 25.6. The summed E-state index contributed by atoms with van der Waals surface area (Å²) in [5.41, 5.74) is 2.74. The van der Waals surface area contributed by atoms with Crippen LogP contribution in [0.2, 0.25) is 0 Å². The van der Waals surface area contributed by atoms with E-state index in [1.54, 1.807) is 13.0 Å². The average Bonchev–Trinajstić information content (AvgIpc) is 2.69. The molecule has 3 rings (SSSR count). The number of halogens is 1. The molecule has 0 saturated heterocycles. The van der Waals surface area contributed by atoms with Gasteiger partial charge in [0.15, 0.2) is 5.78 Å². The minimum Gasteiger partial charge on any atom is -0.494 e. The first-order valence-electron chi connectivity index (χ1n) is 9.43. The lowest BCUT2D eigenvalue weighted by Gasteiger charge is -2.30. The number of benzene rings is 2. The number of allylic oxidation sites excluding steroid dienone is 2. The largest absolute Gasteiger partial charge is 0.494 e. The van der Waals surface area contributed by atoms with E-state index in [1.165, 1.54) is 0 Å². The Balaban J connectivity index is 2.05. The molecule has 0 amide bonds. The fourth-order valence-electron chi connectivity index (χ4n) is 3.61. The molecule has 0 spiro atoms. The monoisotopic (exact) mass is 442 g/mol. The smallest absolute Gasteiger partial charge is 0.317 e. The number of para-hydroxylation sites is 1. The Morgan fingerprint density at radius 1 is 1.07 bits per heavy atom. The van der Waals surface area contributed by atoms with E-state index in [-0.39, 0.29) is 18.3 Å². The van der Waals surface area contributed by atoms with Crippen LogP contribution in [0.25, 0.3) is 5.57 Å². The molecule has 2 aromatic rings. The lowest BCUT2D eigenvalue weighted by molar-refractivity contribution is -0.151. The Labute approximate surface area is 173 Å². The first kappa shape index (κ1) is 20.3. The Morgan fingerprint density at radius 2 is 1.79 bits per heavy atom. The van der Waals surface area contributed by atoms with Crippen LogP contribution in [-0.4, -0.2) is 25.0 Å². The molecule has 0 bridgehead atoms. The van der Waals surface area contributed by atoms with Gasteiger partial charge in [0, 0.05) is 10.4 Å². The van der Waals surface area contributed by atoms with Gasteiger partial charge in [0.2, 0.25) is 0 Å². The van der Waals surface area contributed by atoms with Crippen LogP contribution in [0.1, 0.15) is 37.3 Å². The molecule has 2 aromatic carbocycles. The molecule has 1 aliphatic rings. The van der Waals surface area contributed by atoms with Gasteiger partial charge in [-0.2, -0.15) is 0 Å². The normalized spacial score (nSPS) is 19.1. The second-order valence-electron chi connectivity index (χ2n) is 6.59. The van der Waals surface area contributed by atoms with Crippen LogP contribution in [0.4, 0.5) is 0 Å². The van der Waals surface area contributed by atoms with E-state index < -0.39 is 11.9 Å². The van der Waals surface area contributed by atoms with Gasteiger partial charge in [-0.3, -0.25) is 9.59 Å². The van der Waals surface area contributed by atoms with Crippen molar-refractivity contribution >= 4 is 33.3 Å². The van der Waals surface area contributed by atoms with Gasteiger partial charge in [0.1, 0.15) is 11.7 Å². The van der Waals surface area contributed by atoms with Gasteiger partial charge >= 0.3 is 5.97 Å². The zero-order valence-electron chi connectivity index (χ0n) is 16.0. The molecular formula is C23H23BrO4. The van der Waals surface area contributed by atoms with Gasteiger partial charge in [-0.25, -0.2) is 0 Å². The van der Waals surface area contributed by atoms with Gasteiger partial charge in [0.05, 0.1) is 13.2 Å². The van der Waals surface area contributed by atoms with E-state index in [4.69, 9.17) is 9.47 Å². The summed E-state index contributed by atoms with van der Waals surface area (Å²) in [7, 11) is 0. The van der Waals surface area contributed by atoms with Gasteiger partial charge in [-0.05, 0) is 61.2 Å². The topological polar surface area (TPSA) is 52.6 Å². The SMILES string of the molecule is CCOC(=O)C1C(=O)C=C(c2ccc(Br)cc2)CC1c1ccccc1OCC. The minimum absolute atomic E-state index is 0.223. The van der Waals surface area contributed by atoms with E-state index in [0.717, 1.165) is 21.2 Å². The fourth-order valence-corrected chi connectivity index (χ4v) is 3.88. The highest BCUT2D eigenvalue weighted by atomic mass is 79.9. The molecule has 2 unspecified atom stereocenters. The van der Waals surface area contributed by atoms with Gasteiger partial charge in [-0.1, -0.05) is 46.3 Å². The number of ether oxygens (including phenoxy) is 2. The molecule has 5 heteroatoms. The first-order chi connectivity index (χ1) is 13.5. The van der Waals surface area contributed by atoms with Crippen molar-refractivity contribution in [2.75, 3.05) is 13.2 Å². The van der Waals surface area contributed by atoms with Crippen molar-refractivity contribution in [1.82, 2.24) is 0 Å². The molecule has 0 N–H and O–H groups in total. The maximum atomic E-state index is 13.0. The zero-order valence-corrected chi connectivity index (χ0v) is 17.6. The van der Waals surface area contributed by atoms with Gasteiger partial charge in [-0.15, -0.1) is 0 Å². The van der Waals surface area contributed by atoms with Crippen molar-refractivity contribution in [1.29, 1.82) is 0 Å². The number of rotatable bonds is 6. The standard InChI is InChI=1S/C23H23BrO4/c1-3-27-21-8-6-5-7-18(21)19-13-16(15-9-11-17(24)12-10-15)14-20(25)22(19)23(26)28-4-2/h5-12,14,19,22H,3-4,13H2,1-2H3. The second-order valence-corrected chi connectivity index (χ2v) is 7.51. The predicted octanol–water partition coefficient (Wildman–Crippen LogP) is 5.17. The molecule has 28 heavy (non-hydrogen) atoms. The zero-order chi connectivity index (χ0) is 20.1. The maximum absolute atomic E-state index is 13.0. The lowest BCUT2D eigenvalue weighted by Crippen LogP contribution is -2.34. The molecule has 0 aromatic heterocycles. The Hall–Kier alpha value is -2.40. The first-order valence-corrected chi connectivity index (χ1v) is 10.2. The van der Waals surface area contributed by atoms with Crippen molar-refractivity contribution in [3.05, 3.63) is 70.2 Å². The van der Waals surface area contributed by atoms with E-state index in [9.17, 15) is 9.59 Å².